The molecule has 0 fully saturated rings. The Morgan fingerprint density at radius 2 is 1.67 bits per heavy atom. The summed E-state index contributed by atoms with van der Waals surface area (Å²) < 4.78 is 11.3. The zero-order valence-corrected chi connectivity index (χ0v) is 19.2. The fourth-order valence-corrected chi connectivity index (χ4v) is 3.30. The average Bonchev–Trinajstić information content (AvgIpc) is 2.79. The highest BCUT2D eigenvalue weighted by atomic mass is 16.5. The third kappa shape index (κ3) is 11.0. The highest BCUT2D eigenvalue weighted by molar-refractivity contribution is 5.72. The van der Waals surface area contributed by atoms with Crippen LogP contribution in [0.25, 0.3) is 5.57 Å². The predicted octanol–water partition coefficient (Wildman–Crippen LogP) is 7.59. The van der Waals surface area contributed by atoms with Gasteiger partial charge in [0.15, 0.2) is 0 Å². The summed E-state index contributed by atoms with van der Waals surface area (Å²) in [4.78, 5) is 0. The summed E-state index contributed by atoms with van der Waals surface area (Å²) in [7, 11) is 1.82. The third-order valence-electron chi connectivity index (χ3n) is 5.35. The maximum atomic E-state index is 8.88. The topological polar surface area (TPSA) is 42.2 Å². The van der Waals surface area contributed by atoms with Crippen LogP contribution in [0.1, 0.15) is 82.8 Å². The molecule has 1 aromatic carbocycles. The van der Waals surface area contributed by atoms with Gasteiger partial charge in [-0.25, -0.2) is 0 Å². The molecule has 0 spiro atoms. The van der Waals surface area contributed by atoms with E-state index >= 15 is 0 Å². The van der Waals surface area contributed by atoms with Crippen molar-refractivity contribution in [3.8, 4) is 6.07 Å². The van der Waals surface area contributed by atoms with Crippen LogP contribution in [0.15, 0.2) is 54.8 Å². The van der Waals surface area contributed by atoms with Crippen LogP contribution in [0.3, 0.4) is 0 Å². The molecule has 0 radical (unpaired) electrons. The molecule has 1 aromatic rings. The van der Waals surface area contributed by atoms with Crippen molar-refractivity contribution in [3.63, 3.8) is 0 Å². The molecule has 3 nitrogen and oxygen atoms in total. The molecule has 0 amide bonds. The zero-order valence-electron chi connectivity index (χ0n) is 19.2. The predicted molar refractivity (Wildman–Crippen MR) is 127 cm³/mol. The molecule has 0 bridgehead atoms. The van der Waals surface area contributed by atoms with Crippen LogP contribution in [0, 0.1) is 11.3 Å². The van der Waals surface area contributed by atoms with Gasteiger partial charge in [0, 0.05) is 7.11 Å². The van der Waals surface area contributed by atoms with Crippen LogP contribution < -0.4 is 0 Å². The minimum absolute atomic E-state index is 0.443. The van der Waals surface area contributed by atoms with Crippen LogP contribution in [-0.4, -0.2) is 19.8 Å². The lowest BCUT2D eigenvalue weighted by atomic mass is 10.1. The van der Waals surface area contributed by atoms with E-state index in [0.717, 1.165) is 36.3 Å². The number of nitrogens with zero attached hydrogens (tertiary/aromatic N) is 1. The van der Waals surface area contributed by atoms with Gasteiger partial charge in [0.05, 0.1) is 24.3 Å². The van der Waals surface area contributed by atoms with E-state index in [9.17, 15) is 0 Å². The largest absolute Gasteiger partial charge is 0.494 e. The fourth-order valence-electron chi connectivity index (χ4n) is 3.30. The van der Waals surface area contributed by atoms with E-state index in [0.29, 0.717) is 11.7 Å². The van der Waals surface area contributed by atoms with E-state index in [4.69, 9.17) is 14.7 Å². The first kappa shape index (κ1) is 25.7. The number of nitriles is 1. The molecule has 0 aliphatic carbocycles. The molecular formula is C27H39NO2. The van der Waals surface area contributed by atoms with E-state index < -0.39 is 0 Å². The van der Waals surface area contributed by atoms with Crippen molar-refractivity contribution < 1.29 is 9.47 Å². The second-order valence-corrected chi connectivity index (χ2v) is 7.62. The lowest BCUT2D eigenvalue weighted by Crippen LogP contribution is -2.08. The molecule has 0 aromatic heterocycles. The summed E-state index contributed by atoms with van der Waals surface area (Å²) >= 11 is 0. The summed E-state index contributed by atoms with van der Waals surface area (Å²) in [6.07, 6.45) is 17.5. The summed E-state index contributed by atoms with van der Waals surface area (Å²) in [5, 5.41) is 8.88. The summed E-state index contributed by atoms with van der Waals surface area (Å²) in [6.45, 7) is 9.02. The van der Waals surface area contributed by atoms with Gasteiger partial charge in [0.2, 0.25) is 0 Å². The highest BCUT2D eigenvalue weighted by Gasteiger charge is 2.03. The summed E-state index contributed by atoms with van der Waals surface area (Å²) in [5.74, 6) is 0.869. The molecule has 0 heterocycles. The van der Waals surface area contributed by atoms with E-state index in [1.807, 2.05) is 56.5 Å². The molecular weight excluding hydrogens is 370 g/mol. The Hall–Kier alpha value is -2.31. The van der Waals surface area contributed by atoms with Crippen molar-refractivity contribution >= 4 is 5.57 Å². The Kier molecular flexibility index (Phi) is 14.1. The Morgan fingerprint density at radius 1 is 1.03 bits per heavy atom. The normalized spacial score (nSPS) is 12.7. The molecule has 1 unspecified atom stereocenters. The lowest BCUT2D eigenvalue weighted by molar-refractivity contribution is 0.0897. The molecule has 0 aliphatic rings. The van der Waals surface area contributed by atoms with E-state index in [1.54, 1.807) is 0 Å². The highest BCUT2D eigenvalue weighted by Crippen LogP contribution is 2.16. The van der Waals surface area contributed by atoms with Gasteiger partial charge in [0.25, 0.3) is 0 Å². The van der Waals surface area contributed by atoms with Gasteiger partial charge in [-0.15, -0.1) is 0 Å². The smallest absolute Gasteiger partial charge is 0.115 e. The SMILES string of the molecule is C=C(/C=C\C(=C/C)OCCCCCCCCCC(CC)OC)c1ccc(C#N)cc1. The van der Waals surface area contributed by atoms with E-state index in [1.165, 1.54) is 44.9 Å². The number of hydrogen-bond acceptors (Lipinski definition) is 3. The van der Waals surface area contributed by atoms with E-state index in [2.05, 4.69) is 19.6 Å². The van der Waals surface area contributed by atoms with E-state index in [-0.39, 0.29) is 0 Å². The van der Waals surface area contributed by atoms with Crippen LogP contribution in [0.5, 0.6) is 0 Å². The van der Waals surface area contributed by atoms with Crippen molar-refractivity contribution in [3.05, 3.63) is 66.0 Å². The van der Waals surface area contributed by atoms with Gasteiger partial charge in [-0.1, -0.05) is 70.2 Å². The van der Waals surface area contributed by atoms with Gasteiger partial charge in [-0.05, 0) is 61.6 Å². The Bertz CT molecular complexity index is 691. The molecule has 3 heteroatoms. The second-order valence-electron chi connectivity index (χ2n) is 7.62. The first-order valence-corrected chi connectivity index (χ1v) is 11.3. The summed E-state index contributed by atoms with van der Waals surface area (Å²) in [6, 6.07) is 9.58. The quantitative estimate of drug-likeness (QED) is 0.160. The maximum Gasteiger partial charge on any atom is 0.115 e. The molecule has 0 N–H and O–H groups in total. The Morgan fingerprint density at radius 3 is 2.23 bits per heavy atom. The Balaban J connectivity index is 2.14. The zero-order chi connectivity index (χ0) is 22.0. The van der Waals surface area contributed by atoms with Crippen LogP contribution >= 0.6 is 0 Å². The number of unbranched alkanes of at least 4 members (excludes halogenated alkanes) is 6. The summed E-state index contributed by atoms with van der Waals surface area (Å²) in [5.41, 5.74) is 2.57. The first-order valence-electron chi connectivity index (χ1n) is 11.3. The van der Waals surface area contributed by atoms with Crippen LogP contribution in [0.2, 0.25) is 0 Å². The van der Waals surface area contributed by atoms with Crippen molar-refractivity contribution in [2.45, 2.75) is 77.7 Å². The minimum atomic E-state index is 0.443. The van der Waals surface area contributed by atoms with Gasteiger partial charge in [0.1, 0.15) is 5.76 Å². The second kappa shape index (κ2) is 16.5. The van der Waals surface area contributed by atoms with Crippen LogP contribution in [0.4, 0.5) is 0 Å². The maximum absolute atomic E-state index is 8.88. The van der Waals surface area contributed by atoms with Crippen molar-refractivity contribution in [1.82, 2.24) is 0 Å². The van der Waals surface area contributed by atoms with Gasteiger partial charge in [-0.3, -0.25) is 0 Å². The average molecular weight is 410 g/mol. The molecule has 1 rings (SSSR count). The number of allylic oxidation sites excluding steroid dienone is 4. The lowest BCUT2D eigenvalue weighted by Gasteiger charge is -2.12. The van der Waals surface area contributed by atoms with Crippen molar-refractivity contribution in [1.29, 1.82) is 5.26 Å². The number of methoxy groups -OCH3 is 1. The molecule has 0 saturated heterocycles. The first-order chi connectivity index (χ1) is 14.6. The molecule has 0 saturated carbocycles. The van der Waals surface area contributed by atoms with Crippen molar-refractivity contribution in [2.24, 2.45) is 0 Å². The fraction of sp³-hybridized carbons (Fsp3) is 0.519. The number of rotatable bonds is 16. The molecule has 1 atom stereocenters. The monoisotopic (exact) mass is 409 g/mol. The number of benzene rings is 1. The number of ether oxygens (including phenoxy) is 2. The minimum Gasteiger partial charge on any atom is -0.494 e. The standard InChI is InChI=1S/C27H39NO2/c1-5-26(29-4)14-12-10-8-7-9-11-13-21-30-27(6-2)20-15-23(3)25-18-16-24(22-28)17-19-25/h6,15-20,26H,3,5,7-14,21H2,1-2,4H3/b20-15-,27-6+. The van der Waals surface area contributed by atoms with Crippen LogP contribution in [-0.2, 0) is 9.47 Å². The van der Waals surface area contributed by atoms with Gasteiger partial charge < -0.3 is 9.47 Å². The molecule has 0 aliphatic heterocycles. The molecule has 164 valence electrons. The van der Waals surface area contributed by atoms with Gasteiger partial charge in [-0.2, -0.15) is 5.26 Å². The Labute approximate surface area is 184 Å². The third-order valence-corrected chi connectivity index (χ3v) is 5.35. The van der Waals surface area contributed by atoms with Gasteiger partial charge >= 0.3 is 0 Å². The van der Waals surface area contributed by atoms with Crippen molar-refractivity contribution in [2.75, 3.05) is 13.7 Å². The number of hydrogen-bond donors (Lipinski definition) is 0. The molecule has 30 heavy (non-hydrogen) atoms.